The van der Waals surface area contributed by atoms with Gasteiger partial charge in [-0.25, -0.2) is 0 Å². The van der Waals surface area contributed by atoms with Crippen LogP contribution in [0.2, 0.25) is 0 Å². The molecule has 142 valence electrons. The lowest BCUT2D eigenvalue weighted by Crippen LogP contribution is -2.18. The molecule has 0 saturated carbocycles. The van der Waals surface area contributed by atoms with Crippen molar-refractivity contribution in [2.24, 2.45) is 16.7 Å². The first-order valence-electron chi connectivity index (χ1n) is 9.54. The van der Waals surface area contributed by atoms with Crippen molar-refractivity contribution >= 4 is 18.6 Å². The summed E-state index contributed by atoms with van der Waals surface area (Å²) < 4.78 is 5.30. The summed E-state index contributed by atoms with van der Waals surface area (Å²) in [6, 6.07) is 0. The summed E-state index contributed by atoms with van der Waals surface area (Å²) in [5.74, 6) is 0.108. The van der Waals surface area contributed by atoms with Gasteiger partial charge in [0.2, 0.25) is 0 Å². The van der Waals surface area contributed by atoms with E-state index in [1.54, 1.807) is 0 Å². The summed E-state index contributed by atoms with van der Waals surface area (Å²) in [5.41, 5.74) is 0.209. The minimum Gasteiger partial charge on any atom is -0.451 e. The van der Waals surface area contributed by atoms with Crippen molar-refractivity contribution in [1.29, 1.82) is 0 Å². The second-order valence-corrected chi connectivity index (χ2v) is 9.35. The summed E-state index contributed by atoms with van der Waals surface area (Å²) >= 11 is 4.29. The Morgan fingerprint density at radius 1 is 1.12 bits per heavy atom. The van der Waals surface area contributed by atoms with E-state index in [2.05, 4.69) is 59.4 Å². The number of thiol groups is 1. The van der Waals surface area contributed by atoms with Crippen LogP contribution in [0.5, 0.6) is 0 Å². The number of ether oxygens (including phenoxy) is 1. The molecule has 0 heterocycles. The van der Waals surface area contributed by atoms with Gasteiger partial charge in [-0.1, -0.05) is 73.5 Å². The first kappa shape index (κ1) is 23.6. The molecule has 0 aromatic rings. The molecule has 2 nitrogen and oxygen atoms in total. The highest BCUT2D eigenvalue weighted by molar-refractivity contribution is 7.80. The SMILES string of the molecule is CCCCC(C)(C)CC=CC(C)(C)CCCC(=O)OC(S)C(C)C. The zero-order valence-electron chi connectivity index (χ0n) is 17.0. The fourth-order valence-corrected chi connectivity index (χ4v) is 2.67. The molecule has 3 heteroatoms. The Morgan fingerprint density at radius 3 is 2.29 bits per heavy atom. The molecule has 1 unspecified atom stereocenters. The second-order valence-electron chi connectivity index (χ2n) is 8.84. The van der Waals surface area contributed by atoms with E-state index in [-0.39, 0.29) is 22.7 Å². The third-order valence-electron chi connectivity index (χ3n) is 4.47. The predicted octanol–water partition coefficient (Wildman–Crippen LogP) is 6.80. The molecule has 0 amide bonds. The van der Waals surface area contributed by atoms with Gasteiger partial charge in [-0.15, -0.1) is 12.6 Å². The fraction of sp³-hybridized carbons (Fsp3) is 0.857. The summed E-state index contributed by atoms with van der Waals surface area (Å²) in [5, 5.41) is 0. The molecular formula is C21H40O2S. The Bertz CT molecular complexity index is 383. The lowest BCUT2D eigenvalue weighted by Gasteiger charge is -2.24. The fourth-order valence-electron chi connectivity index (χ4n) is 2.56. The highest BCUT2D eigenvalue weighted by Gasteiger charge is 2.19. The summed E-state index contributed by atoms with van der Waals surface area (Å²) in [6.07, 6.45) is 11.9. The zero-order valence-corrected chi connectivity index (χ0v) is 17.9. The molecule has 0 aliphatic carbocycles. The highest BCUT2D eigenvalue weighted by Crippen LogP contribution is 2.30. The van der Waals surface area contributed by atoms with E-state index in [0.29, 0.717) is 11.8 Å². The van der Waals surface area contributed by atoms with Crippen LogP contribution in [0.1, 0.15) is 93.4 Å². The van der Waals surface area contributed by atoms with Crippen molar-refractivity contribution in [3.8, 4) is 0 Å². The summed E-state index contributed by atoms with van der Waals surface area (Å²) in [4.78, 5) is 11.8. The molecule has 1 atom stereocenters. The van der Waals surface area contributed by atoms with Crippen molar-refractivity contribution < 1.29 is 9.53 Å². The van der Waals surface area contributed by atoms with Crippen LogP contribution < -0.4 is 0 Å². The Hall–Kier alpha value is -0.440. The van der Waals surface area contributed by atoms with E-state index < -0.39 is 0 Å². The molecule has 0 radical (unpaired) electrons. The largest absolute Gasteiger partial charge is 0.451 e. The van der Waals surface area contributed by atoms with Crippen LogP contribution in [0, 0.1) is 16.7 Å². The van der Waals surface area contributed by atoms with Gasteiger partial charge in [0.05, 0.1) is 0 Å². The van der Waals surface area contributed by atoms with Crippen LogP contribution in [-0.4, -0.2) is 11.4 Å². The van der Waals surface area contributed by atoms with Crippen LogP contribution in [0.25, 0.3) is 0 Å². The van der Waals surface area contributed by atoms with Gasteiger partial charge in [0.15, 0.2) is 0 Å². The molecule has 0 aromatic heterocycles. The Balaban J connectivity index is 4.17. The van der Waals surface area contributed by atoms with Gasteiger partial charge in [-0.05, 0) is 42.4 Å². The van der Waals surface area contributed by atoms with E-state index in [1.165, 1.54) is 19.3 Å². The molecule has 0 N–H and O–H groups in total. The normalized spacial score (nSPS) is 14.4. The third kappa shape index (κ3) is 12.0. The lowest BCUT2D eigenvalue weighted by molar-refractivity contribution is -0.146. The van der Waals surface area contributed by atoms with Gasteiger partial charge in [0.25, 0.3) is 0 Å². The van der Waals surface area contributed by atoms with Gasteiger partial charge >= 0.3 is 5.97 Å². The standard InChI is InChI=1S/C21H40O2S/c1-8-9-13-20(4,5)15-11-16-21(6,7)14-10-12-18(22)23-19(24)17(2)3/h11,16-17,19,24H,8-10,12-15H2,1-7H3. The van der Waals surface area contributed by atoms with Gasteiger partial charge in [0, 0.05) is 6.42 Å². The molecule has 0 aromatic carbocycles. The van der Waals surface area contributed by atoms with Crippen LogP contribution >= 0.6 is 12.6 Å². The van der Waals surface area contributed by atoms with E-state index in [4.69, 9.17) is 4.74 Å². The Morgan fingerprint density at radius 2 is 1.75 bits per heavy atom. The van der Waals surface area contributed by atoms with E-state index in [9.17, 15) is 4.79 Å². The minimum absolute atomic E-state index is 0.125. The average Bonchev–Trinajstić information content (AvgIpc) is 2.44. The molecule has 0 bridgehead atoms. The van der Waals surface area contributed by atoms with Crippen molar-refractivity contribution in [2.45, 2.75) is 98.8 Å². The Kier molecular flexibility index (Phi) is 11.0. The van der Waals surface area contributed by atoms with E-state index in [0.717, 1.165) is 19.3 Å². The summed E-state index contributed by atoms with van der Waals surface area (Å²) in [6.45, 7) is 15.4. The monoisotopic (exact) mass is 356 g/mol. The zero-order chi connectivity index (χ0) is 18.8. The van der Waals surface area contributed by atoms with Gasteiger partial charge in [-0.2, -0.15) is 0 Å². The molecule has 0 fully saturated rings. The van der Waals surface area contributed by atoms with Gasteiger partial charge in [-0.3, -0.25) is 4.79 Å². The first-order valence-corrected chi connectivity index (χ1v) is 10.1. The van der Waals surface area contributed by atoms with Crippen molar-refractivity contribution in [1.82, 2.24) is 0 Å². The molecule has 0 saturated heterocycles. The molecule has 0 spiro atoms. The van der Waals surface area contributed by atoms with Crippen molar-refractivity contribution in [3.05, 3.63) is 12.2 Å². The smallest absolute Gasteiger partial charge is 0.306 e. The van der Waals surface area contributed by atoms with Crippen LogP contribution in [0.4, 0.5) is 0 Å². The van der Waals surface area contributed by atoms with Crippen molar-refractivity contribution in [2.75, 3.05) is 0 Å². The second kappa shape index (κ2) is 11.2. The number of allylic oxidation sites excluding steroid dienone is 2. The maximum absolute atomic E-state index is 11.8. The van der Waals surface area contributed by atoms with Gasteiger partial charge in [0.1, 0.15) is 5.44 Å². The van der Waals surface area contributed by atoms with Crippen LogP contribution in [-0.2, 0) is 9.53 Å². The molecule has 0 aliphatic heterocycles. The minimum atomic E-state index is -0.296. The molecular weight excluding hydrogens is 316 g/mol. The lowest BCUT2D eigenvalue weighted by atomic mass is 9.81. The maximum atomic E-state index is 11.8. The topological polar surface area (TPSA) is 26.3 Å². The molecule has 0 rings (SSSR count). The van der Waals surface area contributed by atoms with Crippen LogP contribution in [0.3, 0.4) is 0 Å². The number of esters is 1. The quantitative estimate of drug-likeness (QED) is 0.180. The first-order chi connectivity index (χ1) is 11.0. The number of unbranched alkanes of at least 4 members (excludes halogenated alkanes) is 1. The van der Waals surface area contributed by atoms with E-state index >= 15 is 0 Å². The summed E-state index contributed by atoms with van der Waals surface area (Å²) in [7, 11) is 0. The number of hydrogen-bond donors (Lipinski definition) is 1. The number of rotatable bonds is 12. The predicted molar refractivity (Wildman–Crippen MR) is 108 cm³/mol. The van der Waals surface area contributed by atoms with Gasteiger partial charge < -0.3 is 4.74 Å². The average molecular weight is 357 g/mol. The maximum Gasteiger partial charge on any atom is 0.306 e. The number of carbonyl (C=O) groups is 1. The van der Waals surface area contributed by atoms with Crippen LogP contribution in [0.15, 0.2) is 12.2 Å². The Labute approximate surface area is 156 Å². The van der Waals surface area contributed by atoms with E-state index in [1.807, 2.05) is 13.8 Å². The van der Waals surface area contributed by atoms with Crippen molar-refractivity contribution in [3.63, 3.8) is 0 Å². The molecule has 0 aliphatic rings. The number of carbonyl (C=O) groups excluding carboxylic acids is 1. The molecule has 24 heavy (non-hydrogen) atoms. The third-order valence-corrected chi connectivity index (χ3v) is 5.17. The number of hydrogen-bond acceptors (Lipinski definition) is 3. The highest BCUT2D eigenvalue weighted by atomic mass is 32.1.